The summed E-state index contributed by atoms with van der Waals surface area (Å²) < 4.78 is 115. The van der Waals surface area contributed by atoms with E-state index >= 15 is 0 Å². The first kappa shape index (κ1) is 66.8. The van der Waals surface area contributed by atoms with Gasteiger partial charge in [-0.15, -0.1) is 0 Å². The molecular weight excluding hydrogens is 1320 g/mol. The van der Waals surface area contributed by atoms with Crippen molar-refractivity contribution in [3.63, 3.8) is 0 Å². The van der Waals surface area contributed by atoms with Gasteiger partial charge in [-0.1, -0.05) is 39.7 Å². The number of carbonyl (C=O) groups is 2. The number of nitrogens with one attached hydrogen (secondary N) is 2. The number of furan rings is 2. The Hall–Kier alpha value is -9.66. The van der Waals surface area contributed by atoms with Gasteiger partial charge in [0.2, 0.25) is 20.0 Å². The van der Waals surface area contributed by atoms with Crippen molar-refractivity contribution in [1.29, 1.82) is 0 Å². The molecule has 12 aromatic rings. The number of aryl methyl sites for hydroxylation is 1. The zero-order valence-electron chi connectivity index (χ0n) is 53.9. The average Bonchev–Trinajstić information content (AvgIpc) is 1.62. The summed E-state index contributed by atoms with van der Waals surface area (Å²) in [6.45, 7) is 9.67. The third-order valence-electron chi connectivity index (χ3n) is 17.0. The lowest BCUT2D eigenvalue weighted by Crippen LogP contribution is -2.41. The van der Waals surface area contributed by atoms with Crippen molar-refractivity contribution >= 4 is 116 Å². The second kappa shape index (κ2) is 25.9. The average molecular weight is 1390 g/mol. The number of anilines is 2. The van der Waals surface area contributed by atoms with Crippen molar-refractivity contribution in [2.75, 3.05) is 56.4 Å². The molecule has 1 aliphatic heterocycles. The van der Waals surface area contributed by atoms with Gasteiger partial charge in [0.1, 0.15) is 52.7 Å². The molecule has 2 amide bonds. The molecule has 0 bridgehead atoms. The molecule has 0 radical (unpaired) electrons. The van der Waals surface area contributed by atoms with Gasteiger partial charge in [-0.25, -0.2) is 35.6 Å². The number of hydrogen-bond donors (Lipinski definition) is 2. The second-order valence-corrected chi connectivity index (χ2v) is 28.6. The third kappa shape index (κ3) is 13.3. The maximum Gasteiger partial charge on any atom is 0.497 e. The lowest BCUT2D eigenvalue weighted by Gasteiger charge is -2.32. The molecule has 4 aromatic heterocycles. The van der Waals surface area contributed by atoms with Crippen molar-refractivity contribution in [1.82, 2.24) is 29.7 Å². The topological polar surface area (TPSA) is 223 Å². The van der Waals surface area contributed by atoms with Crippen LogP contribution in [0.1, 0.15) is 54.0 Å². The molecule has 0 aliphatic carbocycles. The van der Waals surface area contributed by atoms with E-state index in [2.05, 4.69) is 78.4 Å². The number of imidazole rings is 2. The van der Waals surface area contributed by atoms with E-state index in [1.807, 2.05) is 93.2 Å². The molecule has 25 heteroatoms. The zero-order valence-corrected chi connectivity index (χ0v) is 57.1. The van der Waals surface area contributed by atoms with E-state index in [1.54, 1.807) is 37.7 Å². The number of amides is 2. The highest BCUT2D eigenvalue weighted by Crippen LogP contribution is 2.44. The SMILES string of the molecule is CNC(=O)c1c(-c2ccc(F)cc2)oc2cc(N(C)S(C)(=O)=O)c(-c3ccc4ncn(-c5ccc(OC)cc5)c4c3)cc12.CNC(=O)c1c(-c2ccc(F)cc2)oc2cc(N(C)S(C)(=O)=O)c(B3OC(C)(C)C(C)(C)O3)cc12.Cc1ccc(-n2cnc3ccc(Br)cc32)cc1. The van der Waals surface area contributed by atoms with Crippen molar-refractivity contribution in [3.8, 4) is 50.9 Å². The Labute approximate surface area is 556 Å². The number of rotatable bonds is 13. The fourth-order valence-corrected chi connectivity index (χ4v) is 12.3. The summed E-state index contributed by atoms with van der Waals surface area (Å²) in [6.07, 6.45) is 5.79. The second-order valence-electron chi connectivity index (χ2n) is 23.7. The molecule has 1 saturated heterocycles. The molecule has 13 rings (SSSR count). The summed E-state index contributed by atoms with van der Waals surface area (Å²) >= 11 is 3.49. The first-order chi connectivity index (χ1) is 45.0. The van der Waals surface area contributed by atoms with Gasteiger partial charge in [0.15, 0.2) is 0 Å². The number of methoxy groups -OCH3 is 1. The minimum atomic E-state index is -3.68. The summed E-state index contributed by atoms with van der Waals surface area (Å²) in [4.78, 5) is 35.1. The minimum absolute atomic E-state index is 0.235. The van der Waals surface area contributed by atoms with E-state index in [4.69, 9.17) is 22.9 Å². The first-order valence-corrected chi connectivity index (χ1v) is 34.2. The summed E-state index contributed by atoms with van der Waals surface area (Å²) in [5, 5.41) is 6.19. The molecule has 19 nitrogen and oxygen atoms in total. The molecule has 488 valence electrons. The lowest BCUT2D eigenvalue weighted by molar-refractivity contribution is 0.00578. The van der Waals surface area contributed by atoms with Gasteiger partial charge < -0.3 is 33.5 Å². The summed E-state index contributed by atoms with van der Waals surface area (Å²) in [7, 11) is -0.738. The van der Waals surface area contributed by atoms with Gasteiger partial charge in [-0.3, -0.25) is 27.3 Å². The Balaban J connectivity index is 0.000000157. The van der Waals surface area contributed by atoms with Gasteiger partial charge in [0.05, 0.1) is 75.4 Å². The Morgan fingerprint density at radius 2 is 1.01 bits per heavy atom. The predicted molar refractivity (Wildman–Crippen MR) is 372 cm³/mol. The Kier molecular flexibility index (Phi) is 18.2. The number of aromatic nitrogens is 4. The summed E-state index contributed by atoms with van der Waals surface area (Å²) in [5.74, 6) is -0.460. The van der Waals surface area contributed by atoms with Crippen LogP contribution in [0.2, 0.25) is 0 Å². The highest BCUT2D eigenvalue weighted by molar-refractivity contribution is 9.10. The maximum atomic E-state index is 13.7. The largest absolute Gasteiger partial charge is 0.497 e. The number of carbonyl (C=O) groups excluding carboxylic acids is 2. The van der Waals surface area contributed by atoms with Crippen molar-refractivity contribution in [2.45, 2.75) is 45.8 Å². The monoisotopic (exact) mass is 1390 g/mol. The van der Waals surface area contributed by atoms with Gasteiger partial charge in [-0.05, 0) is 168 Å². The Morgan fingerprint density at radius 3 is 1.48 bits per heavy atom. The van der Waals surface area contributed by atoms with Crippen LogP contribution >= 0.6 is 15.9 Å². The molecule has 0 unspecified atom stereocenters. The Bertz CT molecular complexity index is 5160. The number of hydrogen-bond acceptors (Lipinski definition) is 13. The predicted octanol–water partition coefficient (Wildman–Crippen LogP) is 13.4. The number of sulfonamides is 2. The number of ether oxygens (including phenoxy) is 1. The normalized spacial score (nSPS) is 13.5. The van der Waals surface area contributed by atoms with Crippen LogP contribution in [0.4, 0.5) is 20.2 Å². The van der Waals surface area contributed by atoms with Crippen LogP contribution in [-0.4, -0.2) is 114 Å². The standard InChI is InChI=1S/C32H27FN4O5S.C24H28BFN2O6S.C14H11BrN2/c1-34-32(38)30-25-16-24(20-7-14-26-28(15-20)37(18-35-26)22-10-12-23(41-3)13-11-22)27(36(2)43(4,39)40)17-29(25)42-31(30)19-5-8-21(33)9-6-19;1-23(2)24(3,4)34-25(33-23)17-12-16-19(13-18(17)28(6)35(7,30)31)32-21(20(16)22(29)27-5)14-8-10-15(26)11-9-14;1-10-2-5-12(6-3-10)17-9-16-13-7-4-11(15)8-14(13)17/h5-18H,1-4H3,(H,34,38);8-13H,1-7H3,(H,27,29);2-9H,1H3. The van der Waals surface area contributed by atoms with Crippen molar-refractivity contribution in [2.24, 2.45) is 0 Å². The lowest BCUT2D eigenvalue weighted by atomic mass is 9.77. The van der Waals surface area contributed by atoms with E-state index in [1.165, 1.54) is 86.6 Å². The summed E-state index contributed by atoms with van der Waals surface area (Å²) in [6, 6.07) is 45.5. The van der Waals surface area contributed by atoms with Gasteiger partial charge in [0.25, 0.3) is 11.8 Å². The molecule has 0 spiro atoms. The van der Waals surface area contributed by atoms with Crippen LogP contribution in [0, 0.1) is 18.6 Å². The molecular formula is C70H66BBrF2N8O11S2. The molecule has 95 heavy (non-hydrogen) atoms. The van der Waals surface area contributed by atoms with E-state index in [9.17, 15) is 35.2 Å². The fraction of sp³-hybridized carbons (Fsp3) is 0.200. The van der Waals surface area contributed by atoms with Gasteiger partial charge >= 0.3 is 7.12 Å². The van der Waals surface area contributed by atoms with E-state index in [0.717, 1.165) is 60.5 Å². The quantitative estimate of drug-likeness (QED) is 0.103. The Morgan fingerprint density at radius 1 is 0.579 bits per heavy atom. The third-order valence-corrected chi connectivity index (χ3v) is 19.9. The van der Waals surface area contributed by atoms with Crippen LogP contribution in [-0.2, 0) is 29.4 Å². The highest BCUT2D eigenvalue weighted by atomic mass is 79.9. The number of halogens is 3. The van der Waals surface area contributed by atoms with Crippen LogP contribution < -0.4 is 29.4 Å². The molecule has 1 aliphatic rings. The molecule has 8 aromatic carbocycles. The van der Waals surface area contributed by atoms with Crippen LogP contribution in [0.5, 0.6) is 5.75 Å². The smallest absolute Gasteiger partial charge is 0.497 e. The number of benzene rings is 8. The van der Waals surface area contributed by atoms with Crippen LogP contribution in [0.25, 0.3) is 89.2 Å². The maximum absolute atomic E-state index is 13.7. The van der Waals surface area contributed by atoms with E-state index in [0.29, 0.717) is 55.4 Å². The number of nitrogens with zero attached hydrogens (tertiary/aromatic N) is 6. The molecule has 0 saturated carbocycles. The van der Waals surface area contributed by atoms with Crippen molar-refractivity contribution < 1.29 is 58.1 Å². The van der Waals surface area contributed by atoms with E-state index in [-0.39, 0.29) is 28.2 Å². The van der Waals surface area contributed by atoms with Crippen molar-refractivity contribution in [3.05, 3.63) is 203 Å². The zero-order chi connectivity index (χ0) is 68.2. The molecule has 5 heterocycles. The van der Waals surface area contributed by atoms with Gasteiger partial charge in [-0.2, -0.15) is 0 Å². The molecule has 1 fully saturated rings. The fourth-order valence-electron chi connectivity index (χ4n) is 10.9. The number of fused-ring (bicyclic) bond motifs is 4. The molecule has 2 N–H and O–H groups in total. The minimum Gasteiger partial charge on any atom is -0.497 e. The van der Waals surface area contributed by atoms with Crippen LogP contribution in [0.3, 0.4) is 0 Å². The first-order valence-electron chi connectivity index (χ1n) is 29.7. The van der Waals surface area contributed by atoms with Gasteiger partial charge in [0, 0.05) is 89.1 Å². The van der Waals surface area contributed by atoms with E-state index < -0.39 is 61.8 Å². The molecule has 0 atom stereocenters. The summed E-state index contributed by atoms with van der Waals surface area (Å²) in [5.41, 5.74) is 9.98. The van der Waals surface area contributed by atoms with Crippen LogP contribution in [0.15, 0.2) is 184 Å². The highest BCUT2D eigenvalue weighted by Gasteiger charge is 2.53.